The van der Waals surface area contributed by atoms with Gasteiger partial charge in [0.25, 0.3) is 0 Å². The van der Waals surface area contributed by atoms with Crippen molar-refractivity contribution in [1.29, 1.82) is 0 Å². The first-order valence-corrected chi connectivity index (χ1v) is 18.2. The second kappa shape index (κ2) is 13.4. The summed E-state index contributed by atoms with van der Waals surface area (Å²) in [5.41, 5.74) is 11.4. The highest BCUT2D eigenvalue weighted by Crippen LogP contribution is 2.43. The minimum atomic E-state index is -0.394. The Morgan fingerprint density at radius 3 is 2.52 bits per heavy atom. The van der Waals surface area contributed by atoms with Crippen LogP contribution in [0, 0.1) is 0 Å². The number of nitrogen functional groups attached to an aromatic ring is 1. The maximum atomic E-state index is 14.6. The quantitative estimate of drug-likeness (QED) is 0.211. The average Bonchev–Trinajstić information content (AvgIpc) is 4.02. The van der Waals surface area contributed by atoms with Crippen LogP contribution in [-0.4, -0.2) is 108 Å². The zero-order valence-corrected chi connectivity index (χ0v) is 30.0. The van der Waals surface area contributed by atoms with Gasteiger partial charge in [-0.2, -0.15) is 0 Å². The lowest BCUT2D eigenvalue weighted by Crippen LogP contribution is -2.73. The highest BCUT2D eigenvalue weighted by atomic mass is 32.1. The zero-order valence-electron chi connectivity index (χ0n) is 29.2. The largest absolute Gasteiger partial charge is 0.497 e. The molecule has 50 heavy (non-hydrogen) atoms. The SMILES string of the molecule is COc1ccc(CNC2OC2N(C(C)C)N2CC3OC3N3[C@@H](Cc4ccc(N(C)C)cc4)C(=O)N(Cc4cccc5sc(N)nc45)C[C@@H]32)cc1. The number of hydrazine groups is 1. The number of epoxide rings is 2. The molecule has 12 nitrogen and oxygen atoms in total. The van der Waals surface area contributed by atoms with E-state index < -0.39 is 6.04 Å². The second-order valence-electron chi connectivity index (χ2n) is 14.1. The van der Waals surface area contributed by atoms with Crippen molar-refractivity contribution in [2.45, 2.75) is 76.4 Å². The fourth-order valence-corrected chi connectivity index (χ4v) is 8.39. The van der Waals surface area contributed by atoms with E-state index in [0.717, 1.165) is 44.9 Å². The first-order valence-electron chi connectivity index (χ1n) is 17.4. The number of nitrogens with zero attached hydrogens (tertiary/aromatic N) is 6. The van der Waals surface area contributed by atoms with Crippen molar-refractivity contribution in [3.63, 3.8) is 0 Å². The number of carbonyl (C=O) groups excluding carboxylic acids is 1. The molecule has 4 aliphatic heterocycles. The fourth-order valence-electron chi connectivity index (χ4n) is 7.60. The number of methoxy groups -OCH3 is 1. The van der Waals surface area contributed by atoms with Crippen LogP contribution >= 0.6 is 11.3 Å². The Balaban J connectivity index is 1.08. The number of aromatic nitrogens is 1. The number of anilines is 2. The molecule has 4 saturated heterocycles. The molecule has 3 aromatic carbocycles. The Kier molecular flexibility index (Phi) is 8.92. The number of nitrogens with one attached hydrogen (secondary N) is 1. The number of thiazole rings is 1. The number of amides is 1. The first kappa shape index (κ1) is 33.3. The zero-order chi connectivity index (χ0) is 34.7. The molecular formula is C37H46N8O4S. The van der Waals surface area contributed by atoms with Crippen LogP contribution < -0.4 is 20.7 Å². The summed E-state index contributed by atoms with van der Waals surface area (Å²) in [6, 6.07) is 22.5. The van der Waals surface area contributed by atoms with Crippen LogP contribution in [-0.2, 0) is 33.8 Å². The van der Waals surface area contributed by atoms with Crippen LogP contribution in [0.4, 0.5) is 10.8 Å². The van der Waals surface area contributed by atoms with Gasteiger partial charge in [0.1, 0.15) is 18.1 Å². The number of hydrogen-bond acceptors (Lipinski definition) is 12. The number of nitrogens with two attached hydrogens (primary N) is 1. The smallest absolute Gasteiger partial charge is 0.240 e. The first-order chi connectivity index (χ1) is 24.2. The number of hydrogen-bond donors (Lipinski definition) is 2. The van der Waals surface area contributed by atoms with Crippen molar-refractivity contribution < 1.29 is 19.0 Å². The third-order valence-corrected chi connectivity index (χ3v) is 11.1. The van der Waals surface area contributed by atoms with Crippen LogP contribution in [0.15, 0.2) is 66.7 Å². The van der Waals surface area contributed by atoms with Gasteiger partial charge in [-0.1, -0.05) is 47.7 Å². The van der Waals surface area contributed by atoms with Crippen LogP contribution in [0.25, 0.3) is 10.2 Å². The van der Waals surface area contributed by atoms with Crippen LogP contribution in [0.3, 0.4) is 0 Å². The monoisotopic (exact) mass is 698 g/mol. The van der Waals surface area contributed by atoms with E-state index in [0.29, 0.717) is 31.2 Å². The summed E-state index contributed by atoms with van der Waals surface area (Å²) in [6.45, 7) is 6.81. The van der Waals surface area contributed by atoms with Crippen molar-refractivity contribution in [3.05, 3.63) is 83.4 Å². The summed E-state index contributed by atoms with van der Waals surface area (Å²) >= 11 is 1.48. The molecule has 0 bridgehead atoms. The topological polar surface area (TPSA) is 118 Å². The molecule has 5 heterocycles. The minimum absolute atomic E-state index is 0.0293. The predicted molar refractivity (Wildman–Crippen MR) is 194 cm³/mol. The molecule has 1 aromatic heterocycles. The Bertz CT molecular complexity index is 1840. The predicted octanol–water partition coefficient (Wildman–Crippen LogP) is 3.67. The standard InChI is InChI=1S/C37H46N8O4S/c1-22(2)45(36-33(49-36)39-18-24-11-15-27(47-5)16-12-24)43-20-29-35(48-29)44-28(17-23-9-13-26(14-10-23)41(3)4)34(46)42(21-31(43)44)19-25-7-6-8-30-32(25)40-37(38)50-30/h6-16,22,28-29,31,33,35-36,39H,17-21H2,1-5H3,(H2,38,40)/t28-,29?,31+,33?,35?,36?/m0/s1. The molecule has 4 aliphatic rings. The van der Waals surface area contributed by atoms with Gasteiger partial charge in [0, 0.05) is 45.5 Å². The van der Waals surface area contributed by atoms with Crippen molar-refractivity contribution in [2.75, 3.05) is 44.9 Å². The summed E-state index contributed by atoms with van der Waals surface area (Å²) in [5.74, 6) is 0.943. The van der Waals surface area contributed by atoms with Gasteiger partial charge in [-0.3, -0.25) is 10.1 Å². The maximum Gasteiger partial charge on any atom is 0.240 e. The van der Waals surface area contributed by atoms with Gasteiger partial charge in [-0.15, -0.1) is 0 Å². The molecule has 6 atom stereocenters. The number of piperazine rings is 1. The molecule has 13 heteroatoms. The Labute approximate surface area is 297 Å². The van der Waals surface area contributed by atoms with Crippen molar-refractivity contribution in [1.82, 2.24) is 30.1 Å². The lowest BCUT2D eigenvalue weighted by Gasteiger charge is -2.54. The highest BCUT2D eigenvalue weighted by molar-refractivity contribution is 7.22. The Morgan fingerprint density at radius 2 is 1.80 bits per heavy atom. The second-order valence-corrected chi connectivity index (χ2v) is 15.1. The number of para-hydroxylation sites is 1. The number of ether oxygens (including phenoxy) is 3. The normalized spacial score (nSPS) is 26.4. The van der Waals surface area contributed by atoms with E-state index in [9.17, 15) is 4.79 Å². The van der Waals surface area contributed by atoms with Crippen molar-refractivity contribution >= 4 is 38.3 Å². The molecular weight excluding hydrogens is 653 g/mol. The maximum absolute atomic E-state index is 14.6. The number of fused-ring (bicyclic) bond motifs is 4. The van der Waals surface area contributed by atoms with Crippen LogP contribution in [0.1, 0.15) is 30.5 Å². The van der Waals surface area contributed by atoms with Gasteiger partial charge >= 0.3 is 0 Å². The van der Waals surface area contributed by atoms with E-state index in [-0.39, 0.29) is 42.9 Å². The third-order valence-electron chi connectivity index (χ3n) is 10.2. The summed E-state index contributed by atoms with van der Waals surface area (Å²) < 4.78 is 19.0. The lowest BCUT2D eigenvalue weighted by molar-refractivity contribution is -0.201. The molecule has 0 saturated carbocycles. The van der Waals surface area contributed by atoms with E-state index >= 15 is 0 Å². The molecule has 0 radical (unpaired) electrons. The highest BCUT2D eigenvalue weighted by Gasteiger charge is 2.62. The van der Waals surface area contributed by atoms with E-state index in [1.54, 1.807) is 7.11 Å². The number of benzene rings is 3. The Hall–Kier alpha value is -3.82. The molecule has 0 spiro atoms. The molecule has 4 aromatic rings. The van der Waals surface area contributed by atoms with Gasteiger partial charge in [-0.05, 0) is 67.3 Å². The third kappa shape index (κ3) is 6.43. The molecule has 264 valence electrons. The van der Waals surface area contributed by atoms with Gasteiger partial charge in [0.15, 0.2) is 17.6 Å². The number of rotatable bonds is 12. The molecule has 3 N–H and O–H groups in total. The summed E-state index contributed by atoms with van der Waals surface area (Å²) in [7, 11) is 5.75. The van der Waals surface area contributed by atoms with Crippen LogP contribution in [0.2, 0.25) is 0 Å². The van der Waals surface area contributed by atoms with Gasteiger partial charge in [-0.25, -0.2) is 19.9 Å². The molecule has 0 aliphatic carbocycles. The van der Waals surface area contributed by atoms with Crippen molar-refractivity contribution in [2.24, 2.45) is 0 Å². The minimum Gasteiger partial charge on any atom is -0.497 e. The summed E-state index contributed by atoms with van der Waals surface area (Å²) in [6.07, 6.45) is 0.165. The Morgan fingerprint density at radius 1 is 1.04 bits per heavy atom. The molecule has 4 unspecified atom stereocenters. The molecule has 4 fully saturated rings. The van der Waals surface area contributed by atoms with Gasteiger partial charge < -0.3 is 29.7 Å². The summed E-state index contributed by atoms with van der Waals surface area (Å²) in [4.78, 5) is 25.7. The van der Waals surface area contributed by atoms with E-state index in [1.165, 1.54) is 11.3 Å². The van der Waals surface area contributed by atoms with Gasteiger partial charge in [0.05, 0.1) is 36.1 Å². The van der Waals surface area contributed by atoms with Gasteiger partial charge in [0.2, 0.25) is 5.91 Å². The van der Waals surface area contributed by atoms with E-state index in [2.05, 4.69) is 86.4 Å². The van der Waals surface area contributed by atoms with E-state index in [1.807, 2.05) is 43.3 Å². The summed E-state index contributed by atoms with van der Waals surface area (Å²) in [5, 5.41) is 8.90. The average molecular weight is 699 g/mol. The van der Waals surface area contributed by atoms with Crippen LogP contribution in [0.5, 0.6) is 5.75 Å². The van der Waals surface area contributed by atoms with E-state index in [4.69, 9.17) is 19.9 Å². The molecule has 1 amide bonds. The number of carbonyl (C=O) groups is 1. The van der Waals surface area contributed by atoms with Crippen molar-refractivity contribution in [3.8, 4) is 5.75 Å². The fraction of sp³-hybridized carbons (Fsp3) is 0.459. The lowest BCUT2D eigenvalue weighted by atomic mass is 9.97. The molecule has 8 rings (SSSR count).